The second-order valence-corrected chi connectivity index (χ2v) is 13.0. The first-order chi connectivity index (χ1) is 25.3. The maximum atomic E-state index is 13.2. The van der Waals surface area contributed by atoms with Gasteiger partial charge in [-0.05, 0) is 80.0 Å². The number of carbonyl (C=O) groups is 5. The Labute approximate surface area is 304 Å². The number of para-hydroxylation sites is 1. The number of methoxy groups -OCH3 is 2. The van der Waals surface area contributed by atoms with Gasteiger partial charge in [0.2, 0.25) is 11.8 Å². The van der Waals surface area contributed by atoms with Gasteiger partial charge in [-0.15, -0.1) is 0 Å². The molecule has 12 heteroatoms. The van der Waals surface area contributed by atoms with Crippen LogP contribution in [0, 0.1) is 0 Å². The van der Waals surface area contributed by atoms with Crippen molar-refractivity contribution in [2.75, 3.05) is 39.2 Å². The number of aryl methyl sites for hydroxylation is 2. The molecule has 5 amide bonds. The number of rotatable bonds is 20. The number of amides is 5. The first kappa shape index (κ1) is 37.9. The Morgan fingerprint density at radius 2 is 1.54 bits per heavy atom. The van der Waals surface area contributed by atoms with Crippen LogP contribution in [0.1, 0.15) is 89.6 Å². The lowest BCUT2D eigenvalue weighted by Gasteiger charge is -2.27. The highest BCUT2D eigenvalue weighted by atomic mass is 16.5. The van der Waals surface area contributed by atoms with Crippen LogP contribution in [-0.4, -0.2) is 74.4 Å². The number of imide groups is 2. The summed E-state index contributed by atoms with van der Waals surface area (Å²) in [5, 5.41) is 8.47. The van der Waals surface area contributed by atoms with Crippen LogP contribution >= 0.6 is 0 Å². The third-order valence-electron chi connectivity index (χ3n) is 9.40. The molecule has 3 aromatic rings. The summed E-state index contributed by atoms with van der Waals surface area (Å²) in [6, 6.07) is 17.9. The van der Waals surface area contributed by atoms with Crippen LogP contribution in [0.5, 0.6) is 17.2 Å². The molecule has 5 rings (SSSR count). The second kappa shape index (κ2) is 18.7. The van der Waals surface area contributed by atoms with Gasteiger partial charge in [-0.25, -0.2) is 0 Å². The van der Waals surface area contributed by atoms with E-state index < -0.39 is 29.7 Å². The fraction of sp³-hybridized carbons (Fsp3) is 0.425. The minimum atomic E-state index is -0.985. The third kappa shape index (κ3) is 9.68. The van der Waals surface area contributed by atoms with Crippen LogP contribution in [0.3, 0.4) is 0 Å². The fourth-order valence-electron chi connectivity index (χ4n) is 6.63. The number of ether oxygens (including phenoxy) is 3. The molecule has 2 heterocycles. The van der Waals surface area contributed by atoms with Crippen LogP contribution in [0.2, 0.25) is 0 Å². The first-order valence-electron chi connectivity index (χ1n) is 18.1. The van der Waals surface area contributed by atoms with Crippen molar-refractivity contribution in [1.82, 2.24) is 15.5 Å². The molecule has 0 saturated carbocycles. The standard InChI is InChI=1S/C40H48N4O8/c1-50-33-21-19-27(25-34(33)51-2)13-11-15-28-14-7-8-18-32(28)52-26-36(46)42-24-10-6-4-3-5-9-23-41-30-17-12-16-29-37(30)40(49)44(39(29)48)31-20-22-35(45)43-38(31)47/h7-8,12,14,16-19,21,25,31,41H,3-6,9-11,13,15,20,22-24,26H2,1-2H3,(H,42,46)(H,43,45,47). The van der Waals surface area contributed by atoms with Crippen molar-refractivity contribution < 1.29 is 38.2 Å². The summed E-state index contributed by atoms with van der Waals surface area (Å²) in [4.78, 5) is 63.6. The van der Waals surface area contributed by atoms with Crippen LogP contribution in [0.15, 0.2) is 60.7 Å². The van der Waals surface area contributed by atoms with E-state index in [2.05, 4.69) is 16.0 Å². The number of nitrogens with one attached hydrogen (secondary N) is 3. The Morgan fingerprint density at radius 3 is 2.31 bits per heavy atom. The predicted octanol–water partition coefficient (Wildman–Crippen LogP) is 5.23. The van der Waals surface area contributed by atoms with Gasteiger partial charge < -0.3 is 24.8 Å². The highest BCUT2D eigenvalue weighted by Crippen LogP contribution is 2.33. The third-order valence-corrected chi connectivity index (χ3v) is 9.40. The minimum absolute atomic E-state index is 0.0287. The van der Waals surface area contributed by atoms with E-state index in [1.165, 1.54) is 5.56 Å². The number of hydrogen-bond acceptors (Lipinski definition) is 9. The van der Waals surface area contributed by atoms with E-state index in [-0.39, 0.29) is 36.5 Å². The normalized spacial score (nSPS) is 15.3. The average Bonchev–Trinajstić information content (AvgIpc) is 3.40. The zero-order valence-electron chi connectivity index (χ0n) is 30.0. The summed E-state index contributed by atoms with van der Waals surface area (Å²) in [6.45, 7) is 1.20. The van der Waals surface area contributed by atoms with Gasteiger partial charge in [-0.3, -0.25) is 34.2 Å². The summed E-state index contributed by atoms with van der Waals surface area (Å²) in [5.74, 6) is -0.0320. The zero-order chi connectivity index (χ0) is 36.9. The van der Waals surface area contributed by atoms with Crippen LogP contribution < -0.4 is 30.2 Å². The molecule has 0 aromatic heterocycles. The van der Waals surface area contributed by atoms with Crippen LogP contribution in [0.4, 0.5) is 5.69 Å². The molecule has 2 aliphatic rings. The van der Waals surface area contributed by atoms with Gasteiger partial charge in [0.25, 0.3) is 17.7 Å². The Kier molecular flexibility index (Phi) is 13.6. The summed E-state index contributed by atoms with van der Waals surface area (Å²) < 4.78 is 16.6. The van der Waals surface area contributed by atoms with Crippen molar-refractivity contribution in [2.45, 2.75) is 76.7 Å². The zero-order valence-corrected chi connectivity index (χ0v) is 30.0. The molecule has 0 aliphatic carbocycles. The van der Waals surface area contributed by atoms with Crippen LogP contribution in [-0.2, 0) is 27.2 Å². The number of fused-ring (bicyclic) bond motifs is 1. The average molecular weight is 713 g/mol. The van der Waals surface area contributed by atoms with Crippen molar-refractivity contribution in [2.24, 2.45) is 0 Å². The highest BCUT2D eigenvalue weighted by Gasteiger charge is 2.45. The van der Waals surface area contributed by atoms with E-state index in [0.717, 1.165) is 79.7 Å². The molecule has 3 aromatic carbocycles. The van der Waals surface area contributed by atoms with Gasteiger partial charge in [0.1, 0.15) is 11.8 Å². The lowest BCUT2D eigenvalue weighted by atomic mass is 10.0. The smallest absolute Gasteiger partial charge is 0.264 e. The van der Waals surface area contributed by atoms with Gasteiger partial charge in [-0.2, -0.15) is 0 Å². The Hall–Kier alpha value is -5.39. The molecule has 0 spiro atoms. The number of carbonyl (C=O) groups excluding carboxylic acids is 5. The summed E-state index contributed by atoms with van der Waals surface area (Å²) in [7, 11) is 3.26. The Bertz CT molecular complexity index is 1760. The lowest BCUT2D eigenvalue weighted by Crippen LogP contribution is -2.54. The number of unbranched alkanes of at least 4 members (excludes halogenated alkanes) is 5. The topological polar surface area (TPSA) is 152 Å². The predicted molar refractivity (Wildman–Crippen MR) is 196 cm³/mol. The first-order valence-corrected chi connectivity index (χ1v) is 18.1. The highest BCUT2D eigenvalue weighted by molar-refractivity contribution is 6.25. The van der Waals surface area contributed by atoms with Crippen molar-refractivity contribution >= 4 is 35.2 Å². The van der Waals surface area contributed by atoms with E-state index in [4.69, 9.17) is 14.2 Å². The quantitative estimate of drug-likeness (QED) is 0.106. The van der Waals surface area contributed by atoms with Crippen molar-refractivity contribution in [3.8, 4) is 17.2 Å². The number of piperidine rings is 1. The maximum absolute atomic E-state index is 13.2. The molecule has 276 valence electrons. The largest absolute Gasteiger partial charge is 0.493 e. The monoisotopic (exact) mass is 712 g/mol. The van der Waals surface area contributed by atoms with Crippen molar-refractivity contribution in [3.05, 3.63) is 82.9 Å². The summed E-state index contributed by atoms with van der Waals surface area (Å²) in [5.41, 5.74) is 3.34. The van der Waals surface area contributed by atoms with Gasteiger partial charge >= 0.3 is 0 Å². The van der Waals surface area contributed by atoms with Gasteiger partial charge in [0.15, 0.2) is 18.1 Å². The second-order valence-electron chi connectivity index (χ2n) is 13.0. The van der Waals surface area contributed by atoms with E-state index >= 15 is 0 Å². The van der Waals surface area contributed by atoms with E-state index in [1.807, 2.05) is 42.5 Å². The fourth-order valence-corrected chi connectivity index (χ4v) is 6.63. The van der Waals surface area contributed by atoms with Crippen molar-refractivity contribution in [1.29, 1.82) is 0 Å². The Morgan fingerprint density at radius 1 is 0.788 bits per heavy atom. The molecule has 12 nitrogen and oxygen atoms in total. The number of nitrogens with zero attached hydrogens (tertiary/aromatic N) is 1. The molecule has 0 radical (unpaired) electrons. The SMILES string of the molecule is COc1ccc(CCCc2ccccc2OCC(=O)NCCCCCCCCNc2cccc3c2C(=O)N(C2CCC(=O)NC2=O)C3=O)cc1OC. The molecule has 1 atom stereocenters. The number of hydrogen-bond donors (Lipinski definition) is 3. The molecule has 1 fully saturated rings. The van der Waals surface area contributed by atoms with E-state index in [1.54, 1.807) is 32.4 Å². The molecule has 52 heavy (non-hydrogen) atoms. The lowest BCUT2D eigenvalue weighted by molar-refractivity contribution is -0.136. The van der Waals surface area contributed by atoms with Gasteiger partial charge in [0.05, 0.1) is 25.3 Å². The maximum Gasteiger partial charge on any atom is 0.264 e. The van der Waals surface area contributed by atoms with Crippen LogP contribution in [0.25, 0.3) is 0 Å². The molecule has 1 unspecified atom stereocenters. The summed E-state index contributed by atoms with van der Waals surface area (Å²) in [6.07, 6.45) is 8.65. The van der Waals surface area contributed by atoms with E-state index in [0.29, 0.717) is 24.5 Å². The molecule has 0 bridgehead atoms. The number of anilines is 1. The number of benzene rings is 3. The molecular weight excluding hydrogens is 664 g/mol. The molecular formula is C40H48N4O8. The molecule has 2 aliphatic heterocycles. The van der Waals surface area contributed by atoms with Crippen molar-refractivity contribution in [3.63, 3.8) is 0 Å². The Balaban J connectivity index is 0.929. The minimum Gasteiger partial charge on any atom is -0.493 e. The van der Waals surface area contributed by atoms with E-state index in [9.17, 15) is 24.0 Å². The van der Waals surface area contributed by atoms with Gasteiger partial charge in [0, 0.05) is 25.2 Å². The molecule has 3 N–H and O–H groups in total. The summed E-state index contributed by atoms with van der Waals surface area (Å²) >= 11 is 0. The van der Waals surface area contributed by atoms with Gasteiger partial charge in [-0.1, -0.05) is 56.0 Å². The molecule has 1 saturated heterocycles.